The number of hydrogen-bond acceptors (Lipinski definition) is 3. The number of hydrogen-bond donors (Lipinski definition) is 1. The van der Waals surface area contributed by atoms with E-state index in [1.165, 1.54) is 0 Å². The molecule has 0 aliphatic heterocycles. The third-order valence-corrected chi connectivity index (χ3v) is 4.77. The maximum atomic E-state index is 12.9. The number of nitrogens with one attached hydrogen (secondary N) is 1. The Hall–Kier alpha value is -3.96. The molecule has 0 atom stereocenters. The number of amides is 1. The summed E-state index contributed by atoms with van der Waals surface area (Å²) in [6.07, 6.45) is 6.97. The fourth-order valence-corrected chi connectivity index (χ4v) is 3.10. The summed E-state index contributed by atoms with van der Waals surface area (Å²) in [5, 5.41) is 9.13. The van der Waals surface area contributed by atoms with Gasteiger partial charge in [0.2, 0.25) is 0 Å². The van der Waals surface area contributed by atoms with E-state index in [1.54, 1.807) is 35.3 Å². The second-order valence-corrected chi connectivity index (χ2v) is 7.16. The number of nitrogens with zero attached hydrogens (tertiary/aromatic N) is 3. The molecule has 6 heteroatoms. The molecule has 5 nitrogen and oxygen atoms in total. The van der Waals surface area contributed by atoms with E-state index in [-0.39, 0.29) is 5.91 Å². The lowest BCUT2D eigenvalue weighted by molar-refractivity contribution is -0.115. The molecule has 1 aromatic heterocycles. The highest BCUT2D eigenvalue weighted by Crippen LogP contribution is 2.19. The summed E-state index contributed by atoms with van der Waals surface area (Å²) >= 11 is 5.89. The van der Waals surface area contributed by atoms with Crippen molar-refractivity contribution in [3.63, 3.8) is 0 Å². The van der Waals surface area contributed by atoms with Crippen LogP contribution in [0.5, 0.6) is 0 Å². The van der Waals surface area contributed by atoms with Crippen LogP contribution < -0.4 is 5.43 Å². The van der Waals surface area contributed by atoms with Crippen LogP contribution in [0.25, 0.3) is 17.3 Å². The van der Waals surface area contributed by atoms with Gasteiger partial charge >= 0.3 is 0 Å². The van der Waals surface area contributed by atoms with Crippen LogP contribution in [-0.2, 0) is 4.79 Å². The predicted molar refractivity (Wildman–Crippen MR) is 125 cm³/mol. The van der Waals surface area contributed by atoms with E-state index in [0.717, 1.165) is 22.4 Å². The van der Waals surface area contributed by atoms with Crippen LogP contribution in [-0.4, -0.2) is 21.9 Å². The van der Waals surface area contributed by atoms with Crippen LogP contribution in [0, 0.1) is 0 Å². The molecule has 1 heterocycles. The van der Waals surface area contributed by atoms with Gasteiger partial charge in [0.15, 0.2) is 0 Å². The smallest absolute Gasteiger partial charge is 0.267 e. The van der Waals surface area contributed by atoms with Crippen molar-refractivity contribution in [2.45, 2.75) is 0 Å². The second kappa shape index (κ2) is 9.69. The molecule has 4 aromatic rings. The highest BCUT2D eigenvalue weighted by atomic mass is 35.5. The SMILES string of the molecule is O=C(N/N=C/c1ccc(Cl)cc1)/C(=C/c1cnn(-c2ccccc2)c1)c1ccccc1. The van der Waals surface area contributed by atoms with Crippen LogP contribution in [0.2, 0.25) is 5.02 Å². The van der Waals surface area contributed by atoms with E-state index >= 15 is 0 Å². The Morgan fingerprint density at radius 3 is 2.29 bits per heavy atom. The zero-order chi connectivity index (χ0) is 21.5. The largest absolute Gasteiger partial charge is 0.271 e. The van der Waals surface area contributed by atoms with Gasteiger partial charge in [0.1, 0.15) is 0 Å². The molecule has 4 rings (SSSR count). The van der Waals surface area contributed by atoms with Crippen LogP contribution in [0.15, 0.2) is 102 Å². The molecule has 0 saturated carbocycles. The van der Waals surface area contributed by atoms with Crippen molar-refractivity contribution < 1.29 is 4.79 Å². The maximum absolute atomic E-state index is 12.9. The standard InChI is InChI=1S/C25H19ClN4O/c26-22-13-11-19(12-14-22)16-27-29-25(31)24(21-7-3-1-4-8-21)15-20-17-28-30(18-20)23-9-5-2-6-10-23/h1-18H,(H,29,31)/b24-15+,27-16+. The topological polar surface area (TPSA) is 59.3 Å². The molecular formula is C25H19ClN4O. The fraction of sp³-hybridized carbons (Fsp3) is 0. The Balaban J connectivity index is 1.58. The fourth-order valence-electron chi connectivity index (χ4n) is 2.97. The van der Waals surface area contributed by atoms with Gasteiger partial charge in [-0.2, -0.15) is 10.2 Å². The Kier molecular flexibility index (Phi) is 6.35. The van der Waals surface area contributed by atoms with E-state index in [4.69, 9.17) is 11.6 Å². The summed E-state index contributed by atoms with van der Waals surface area (Å²) in [7, 11) is 0. The van der Waals surface area contributed by atoms with Crippen LogP contribution in [0.4, 0.5) is 0 Å². The Morgan fingerprint density at radius 1 is 0.903 bits per heavy atom. The van der Waals surface area contributed by atoms with Crippen molar-refractivity contribution in [3.8, 4) is 5.69 Å². The minimum atomic E-state index is -0.316. The van der Waals surface area contributed by atoms with Gasteiger partial charge in [0.05, 0.1) is 18.1 Å². The summed E-state index contributed by atoms with van der Waals surface area (Å²) in [5.74, 6) is -0.316. The number of para-hydroxylation sites is 1. The molecule has 0 radical (unpaired) electrons. The van der Waals surface area contributed by atoms with Crippen LogP contribution in [0.1, 0.15) is 16.7 Å². The number of halogens is 1. The van der Waals surface area contributed by atoms with Crippen molar-refractivity contribution in [1.29, 1.82) is 0 Å². The van der Waals surface area contributed by atoms with Gasteiger partial charge in [-0.05, 0) is 41.5 Å². The summed E-state index contributed by atoms with van der Waals surface area (Å²) in [5.41, 5.74) is 6.46. The first-order chi connectivity index (χ1) is 15.2. The molecule has 0 fully saturated rings. The van der Waals surface area contributed by atoms with E-state index in [9.17, 15) is 4.79 Å². The first-order valence-corrected chi connectivity index (χ1v) is 10.0. The lowest BCUT2D eigenvalue weighted by atomic mass is 10.0. The van der Waals surface area contributed by atoms with Gasteiger partial charge in [0.25, 0.3) is 5.91 Å². The zero-order valence-electron chi connectivity index (χ0n) is 16.5. The monoisotopic (exact) mass is 426 g/mol. The number of hydrazone groups is 1. The quantitative estimate of drug-likeness (QED) is 0.261. The summed E-state index contributed by atoms with van der Waals surface area (Å²) in [4.78, 5) is 12.9. The molecule has 0 spiro atoms. The van der Waals surface area contributed by atoms with E-state index in [1.807, 2.05) is 79.0 Å². The molecular weight excluding hydrogens is 408 g/mol. The molecule has 152 valence electrons. The molecule has 0 aliphatic rings. The first kappa shape index (κ1) is 20.3. The van der Waals surface area contributed by atoms with Crippen LogP contribution in [0.3, 0.4) is 0 Å². The molecule has 0 bridgehead atoms. The summed E-state index contributed by atoms with van der Waals surface area (Å²) < 4.78 is 1.77. The van der Waals surface area contributed by atoms with E-state index < -0.39 is 0 Å². The number of aromatic nitrogens is 2. The number of carbonyl (C=O) groups is 1. The normalized spacial score (nSPS) is 11.6. The molecule has 1 amide bonds. The third-order valence-electron chi connectivity index (χ3n) is 4.51. The second-order valence-electron chi connectivity index (χ2n) is 6.73. The Morgan fingerprint density at radius 2 is 1.58 bits per heavy atom. The maximum Gasteiger partial charge on any atom is 0.271 e. The molecule has 1 N–H and O–H groups in total. The van der Waals surface area contributed by atoms with Gasteiger partial charge in [-0.25, -0.2) is 10.1 Å². The third kappa shape index (κ3) is 5.35. The predicted octanol–water partition coefficient (Wildman–Crippen LogP) is 5.22. The van der Waals surface area contributed by atoms with Gasteiger partial charge in [0, 0.05) is 22.4 Å². The van der Waals surface area contributed by atoms with Crippen LogP contribution >= 0.6 is 11.6 Å². The lowest BCUT2D eigenvalue weighted by Crippen LogP contribution is -2.19. The Labute approximate surface area is 185 Å². The highest BCUT2D eigenvalue weighted by molar-refractivity contribution is 6.30. The average Bonchev–Trinajstić information content (AvgIpc) is 3.29. The van der Waals surface area contributed by atoms with Crippen molar-refractivity contribution >= 4 is 35.4 Å². The minimum absolute atomic E-state index is 0.316. The Bertz CT molecular complexity index is 1210. The first-order valence-electron chi connectivity index (χ1n) is 9.65. The van der Waals surface area contributed by atoms with Crippen molar-refractivity contribution in [2.24, 2.45) is 5.10 Å². The summed E-state index contributed by atoms with van der Waals surface area (Å²) in [6, 6.07) is 26.4. The van der Waals surface area contributed by atoms with Crippen molar-refractivity contribution in [3.05, 3.63) is 119 Å². The molecule has 31 heavy (non-hydrogen) atoms. The van der Waals surface area contributed by atoms with Crippen molar-refractivity contribution in [1.82, 2.24) is 15.2 Å². The van der Waals surface area contributed by atoms with Gasteiger partial charge in [-0.3, -0.25) is 4.79 Å². The molecule has 0 unspecified atom stereocenters. The molecule has 0 saturated heterocycles. The van der Waals surface area contributed by atoms with Gasteiger partial charge in [-0.1, -0.05) is 72.3 Å². The highest BCUT2D eigenvalue weighted by Gasteiger charge is 2.12. The zero-order valence-corrected chi connectivity index (χ0v) is 17.3. The van der Waals surface area contributed by atoms with Gasteiger partial charge in [-0.15, -0.1) is 0 Å². The average molecular weight is 427 g/mol. The van der Waals surface area contributed by atoms with E-state index in [0.29, 0.717) is 10.6 Å². The minimum Gasteiger partial charge on any atom is -0.267 e. The molecule has 3 aromatic carbocycles. The van der Waals surface area contributed by atoms with Crippen molar-refractivity contribution in [2.75, 3.05) is 0 Å². The molecule has 0 aliphatic carbocycles. The lowest BCUT2D eigenvalue weighted by Gasteiger charge is -2.06. The van der Waals surface area contributed by atoms with E-state index in [2.05, 4.69) is 15.6 Å². The van der Waals surface area contributed by atoms with Gasteiger partial charge < -0.3 is 0 Å². The number of rotatable bonds is 6. The number of carbonyl (C=O) groups excluding carboxylic acids is 1. The summed E-state index contributed by atoms with van der Waals surface area (Å²) in [6.45, 7) is 0. The number of benzene rings is 3.